The van der Waals surface area contributed by atoms with Crippen molar-refractivity contribution >= 4 is 5.91 Å². The van der Waals surface area contributed by atoms with Gasteiger partial charge in [-0.1, -0.05) is 36.4 Å². The van der Waals surface area contributed by atoms with E-state index in [2.05, 4.69) is 43.0 Å². The molecule has 0 radical (unpaired) electrons. The Morgan fingerprint density at radius 3 is 2.40 bits per heavy atom. The molecule has 1 unspecified atom stereocenters. The molecule has 1 saturated heterocycles. The molecule has 1 fully saturated rings. The first kappa shape index (κ1) is 21.0. The number of rotatable bonds is 6. The largest absolute Gasteiger partial charge is 0.343 e. The molecule has 2 aliphatic rings. The summed E-state index contributed by atoms with van der Waals surface area (Å²) in [6.07, 6.45) is 3.96. The van der Waals surface area contributed by atoms with Gasteiger partial charge in [-0.25, -0.2) is 4.39 Å². The SMILES string of the molecule is CCN(CC)C(=O)CC1CC2(CCN(Cc3ccc(F)cc3)CC2)c2ccccc21. The van der Waals surface area contributed by atoms with Crippen LogP contribution in [0.3, 0.4) is 0 Å². The van der Waals surface area contributed by atoms with Gasteiger partial charge in [0.1, 0.15) is 5.82 Å². The predicted molar refractivity (Wildman–Crippen MR) is 119 cm³/mol. The number of halogens is 1. The normalized spacial score (nSPS) is 20.3. The van der Waals surface area contributed by atoms with Crippen LogP contribution in [0.15, 0.2) is 48.5 Å². The standard InChI is InChI=1S/C26H33FN2O/c1-3-29(4-2)25(30)17-21-18-26(24-8-6-5-7-23(21)24)13-15-28(16-14-26)19-20-9-11-22(27)12-10-20/h5-12,21H,3-4,13-19H2,1-2H3. The van der Waals surface area contributed by atoms with E-state index in [-0.39, 0.29) is 17.1 Å². The summed E-state index contributed by atoms with van der Waals surface area (Å²) >= 11 is 0. The molecule has 1 amide bonds. The van der Waals surface area contributed by atoms with Crippen molar-refractivity contribution in [3.05, 3.63) is 71.0 Å². The number of amides is 1. The molecule has 30 heavy (non-hydrogen) atoms. The minimum Gasteiger partial charge on any atom is -0.343 e. The van der Waals surface area contributed by atoms with E-state index in [9.17, 15) is 9.18 Å². The van der Waals surface area contributed by atoms with Gasteiger partial charge in [0.2, 0.25) is 5.91 Å². The molecule has 1 atom stereocenters. The molecule has 1 spiro atoms. The summed E-state index contributed by atoms with van der Waals surface area (Å²) in [6, 6.07) is 15.7. The molecule has 3 nitrogen and oxygen atoms in total. The maximum Gasteiger partial charge on any atom is 0.223 e. The zero-order valence-corrected chi connectivity index (χ0v) is 18.2. The van der Waals surface area contributed by atoms with Crippen LogP contribution in [0, 0.1) is 5.82 Å². The van der Waals surface area contributed by atoms with E-state index in [1.165, 1.54) is 16.7 Å². The fourth-order valence-corrected chi connectivity index (χ4v) is 5.59. The van der Waals surface area contributed by atoms with E-state index in [1.54, 1.807) is 12.1 Å². The molecular weight excluding hydrogens is 375 g/mol. The van der Waals surface area contributed by atoms with Crippen molar-refractivity contribution in [2.75, 3.05) is 26.2 Å². The number of hydrogen-bond donors (Lipinski definition) is 0. The second kappa shape index (κ2) is 8.89. The van der Waals surface area contributed by atoms with Crippen molar-refractivity contribution in [3.8, 4) is 0 Å². The first-order valence-electron chi connectivity index (χ1n) is 11.4. The Bertz CT molecular complexity index is 867. The van der Waals surface area contributed by atoms with Crippen molar-refractivity contribution in [2.24, 2.45) is 0 Å². The molecule has 4 rings (SSSR count). The molecule has 1 aliphatic heterocycles. The Hall–Kier alpha value is -2.20. The van der Waals surface area contributed by atoms with Crippen LogP contribution in [0.2, 0.25) is 0 Å². The van der Waals surface area contributed by atoms with Crippen molar-refractivity contribution in [3.63, 3.8) is 0 Å². The highest BCUT2D eigenvalue weighted by atomic mass is 19.1. The number of carbonyl (C=O) groups excluding carboxylic acids is 1. The third kappa shape index (κ3) is 4.15. The van der Waals surface area contributed by atoms with Crippen molar-refractivity contribution in [2.45, 2.75) is 57.4 Å². The Labute approximate surface area is 179 Å². The van der Waals surface area contributed by atoms with Gasteiger partial charge < -0.3 is 4.90 Å². The molecule has 0 bridgehead atoms. The Morgan fingerprint density at radius 1 is 1.07 bits per heavy atom. The Morgan fingerprint density at radius 2 is 1.73 bits per heavy atom. The number of hydrogen-bond acceptors (Lipinski definition) is 2. The number of benzene rings is 2. The number of carbonyl (C=O) groups is 1. The van der Waals surface area contributed by atoms with E-state index in [1.807, 2.05) is 17.0 Å². The third-order valence-corrected chi connectivity index (χ3v) is 7.28. The Balaban J connectivity index is 1.45. The molecule has 160 valence electrons. The molecule has 4 heteroatoms. The van der Waals surface area contributed by atoms with Crippen molar-refractivity contribution in [1.82, 2.24) is 9.80 Å². The van der Waals surface area contributed by atoms with Crippen LogP contribution >= 0.6 is 0 Å². The van der Waals surface area contributed by atoms with Crippen LogP contribution in [0.4, 0.5) is 4.39 Å². The lowest BCUT2D eigenvalue weighted by Gasteiger charge is -2.40. The summed E-state index contributed by atoms with van der Waals surface area (Å²) in [6.45, 7) is 8.65. The summed E-state index contributed by atoms with van der Waals surface area (Å²) in [4.78, 5) is 17.3. The van der Waals surface area contributed by atoms with Gasteiger partial charge in [0, 0.05) is 26.1 Å². The van der Waals surface area contributed by atoms with Crippen LogP contribution in [0.25, 0.3) is 0 Å². The van der Waals surface area contributed by atoms with E-state index in [0.717, 1.165) is 52.0 Å². The zero-order valence-electron chi connectivity index (χ0n) is 18.2. The Kier molecular flexibility index (Phi) is 6.24. The second-order valence-electron chi connectivity index (χ2n) is 8.94. The van der Waals surface area contributed by atoms with Gasteiger partial charge >= 0.3 is 0 Å². The van der Waals surface area contributed by atoms with E-state index in [4.69, 9.17) is 0 Å². The highest BCUT2D eigenvalue weighted by Crippen LogP contribution is 2.52. The second-order valence-corrected chi connectivity index (χ2v) is 8.94. The third-order valence-electron chi connectivity index (χ3n) is 7.28. The average Bonchev–Trinajstić information content (AvgIpc) is 3.06. The molecule has 2 aromatic rings. The fraction of sp³-hybridized carbons (Fsp3) is 0.500. The average molecular weight is 409 g/mol. The molecule has 0 aromatic heterocycles. The van der Waals surface area contributed by atoms with Gasteiger partial charge in [0.05, 0.1) is 0 Å². The number of nitrogens with zero attached hydrogens (tertiary/aromatic N) is 2. The smallest absolute Gasteiger partial charge is 0.223 e. The minimum absolute atomic E-state index is 0.177. The van der Waals surface area contributed by atoms with Gasteiger partial charge in [-0.2, -0.15) is 0 Å². The number of fused-ring (bicyclic) bond motifs is 2. The maximum absolute atomic E-state index is 13.2. The predicted octanol–water partition coefficient (Wildman–Crippen LogP) is 5.11. The van der Waals surface area contributed by atoms with Crippen molar-refractivity contribution in [1.29, 1.82) is 0 Å². The van der Waals surface area contributed by atoms with Crippen LogP contribution < -0.4 is 0 Å². The summed E-state index contributed by atoms with van der Waals surface area (Å²) in [5.74, 6) is 0.438. The highest BCUT2D eigenvalue weighted by molar-refractivity contribution is 5.77. The van der Waals surface area contributed by atoms with Gasteiger partial charge in [-0.05, 0) is 86.4 Å². The summed E-state index contributed by atoms with van der Waals surface area (Å²) in [5, 5.41) is 0. The van der Waals surface area contributed by atoms with E-state index >= 15 is 0 Å². The summed E-state index contributed by atoms with van der Waals surface area (Å²) in [5.41, 5.74) is 4.24. The minimum atomic E-state index is -0.177. The van der Waals surface area contributed by atoms with Gasteiger partial charge in [0.25, 0.3) is 0 Å². The molecule has 1 heterocycles. The van der Waals surface area contributed by atoms with E-state index < -0.39 is 0 Å². The fourth-order valence-electron chi connectivity index (χ4n) is 5.59. The molecular formula is C26H33FN2O. The quantitative estimate of drug-likeness (QED) is 0.663. The molecule has 1 aliphatic carbocycles. The van der Waals surface area contributed by atoms with Crippen LogP contribution in [0.1, 0.15) is 62.1 Å². The van der Waals surface area contributed by atoms with E-state index in [0.29, 0.717) is 12.3 Å². The molecule has 0 N–H and O–H groups in total. The highest BCUT2D eigenvalue weighted by Gasteiger charge is 2.45. The lowest BCUT2D eigenvalue weighted by Crippen LogP contribution is -2.41. The van der Waals surface area contributed by atoms with Gasteiger partial charge in [0.15, 0.2) is 0 Å². The first-order valence-corrected chi connectivity index (χ1v) is 11.4. The monoisotopic (exact) mass is 408 g/mol. The first-order chi connectivity index (χ1) is 14.5. The summed E-state index contributed by atoms with van der Waals surface area (Å²) < 4.78 is 13.2. The number of likely N-dealkylation sites (tertiary alicyclic amines) is 1. The summed E-state index contributed by atoms with van der Waals surface area (Å²) in [7, 11) is 0. The maximum atomic E-state index is 13.2. The van der Waals surface area contributed by atoms with Gasteiger partial charge in [-0.15, -0.1) is 0 Å². The lowest BCUT2D eigenvalue weighted by molar-refractivity contribution is -0.131. The number of piperidine rings is 1. The molecule has 2 aromatic carbocycles. The van der Waals surface area contributed by atoms with Gasteiger partial charge in [-0.3, -0.25) is 9.69 Å². The van der Waals surface area contributed by atoms with Crippen LogP contribution in [0.5, 0.6) is 0 Å². The van der Waals surface area contributed by atoms with Crippen molar-refractivity contribution < 1.29 is 9.18 Å². The topological polar surface area (TPSA) is 23.6 Å². The van der Waals surface area contributed by atoms with Crippen LogP contribution in [-0.2, 0) is 16.8 Å². The van der Waals surface area contributed by atoms with Crippen LogP contribution in [-0.4, -0.2) is 41.9 Å². The molecule has 0 saturated carbocycles. The zero-order chi connectivity index (χ0) is 21.1. The lowest BCUT2D eigenvalue weighted by atomic mass is 9.73.